The molecule has 3 nitrogen and oxygen atoms in total. The predicted octanol–water partition coefficient (Wildman–Crippen LogP) is 2.60. The minimum atomic E-state index is 0.0512. The van der Waals surface area contributed by atoms with E-state index in [1.165, 1.54) is 19.3 Å². The maximum Gasteiger partial charge on any atom is 0.0939 e. The third-order valence-corrected chi connectivity index (χ3v) is 5.57. The molecule has 1 saturated carbocycles. The summed E-state index contributed by atoms with van der Waals surface area (Å²) in [6, 6.07) is 0.682. The van der Waals surface area contributed by atoms with Crippen molar-refractivity contribution in [2.45, 2.75) is 58.1 Å². The molecule has 0 radical (unpaired) electrons. The lowest BCUT2D eigenvalue weighted by Gasteiger charge is -2.41. The smallest absolute Gasteiger partial charge is 0.0939 e. The summed E-state index contributed by atoms with van der Waals surface area (Å²) in [5, 5.41) is 3.78. The molecule has 0 amide bonds. The summed E-state index contributed by atoms with van der Waals surface area (Å²) in [4.78, 5) is 0. The second-order valence-electron chi connectivity index (χ2n) is 7.47. The summed E-state index contributed by atoms with van der Waals surface area (Å²) in [5.41, 5.74) is 0.597. The van der Waals surface area contributed by atoms with Crippen LogP contribution in [0.2, 0.25) is 0 Å². The SMILES string of the molecule is CCNC(C1CCOC2(CCOC2)C1)C1CC1(C)C. The Balaban J connectivity index is 1.68. The van der Waals surface area contributed by atoms with Crippen molar-refractivity contribution in [1.29, 1.82) is 0 Å². The predicted molar refractivity (Wildman–Crippen MR) is 76.2 cm³/mol. The minimum Gasteiger partial charge on any atom is -0.378 e. The second kappa shape index (κ2) is 5.01. The maximum atomic E-state index is 6.08. The lowest BCUT2D eigenvalue weighted by molar-refractivity contribution is -0.104. The average Bonchev–Trinajstić information content (AvgIpc) is 2.80. The molecule has 2 saturated heterocycles. The van der Waals surface area contributed by atoms with Gasteiger partial charge in [-0.25, -0.2) is 0 Å². The lowest BCUT2D eigenvalue weighted by atomic mass is 9.78. The molecule has 1 aliphatic carbocycles. The van der Waals surface area contributed by atoms with Crippen molar-refractivity contribution in [3.8, 4) is 0 Å². The molecule has 19 heavy (non-hydrogen) atoms. The molecule has 3 fully saturated rings. The molecule has 2 aliphatic heterocycles. The van der Waals surface area contributed by atoms with Gasteiger partial charge in [0.05, 0.1) is 12.2 Å². The Hall–Kier alpha value is -0.120. The van der Waals surface area contributed by atoms with Gasteiger partial charge < -0.3 is 14.8 Å². The molecular formula is C16H29NO2. The molecule has 3 aliphatic rings. The number of nitrogens with one attached hydrogen (secondary N) is 1. The van der Waals surface area contributed by atoms with Gasteiger partial charge in [0, 0.05) is 25.7 Å². The Morgan fingerprint density at radius 2 is 2.05 bits per heavy atom. The van der Waals surface area contributed by atoms with Crippen LogP contribution in [0.3, 0.4) is 0 Å². The van der Waals surface area contributed by atoms with Gasteiger partial charge in [-0.2, -0.15) is 0 Å². The van der Waals surface area contributed by atoms with Crippen LogP contribution in [0.5, 0.6) is 0 Å². The summed E-state index contributed by atoms with van der Waals surface area (Å²) < 4.78 is 11.7. The molecule has 110 valence electrons. The highest BCUT2D eigenvalue weighted by Crippen LogP contribution is 2.56. The van der Waals surface area contributed by atoms with Crippen LogP contribution in [0.25, 0.3) is 0 Å². The number of rotatable bonds is 4. The molecule has 4 atom stereocenters. The zero-order valence-electron chi connectivity index (χ0n) is 12.7. The number of ether oxygens (including phenoxy) is 2. The Morgan fingerprint density at radius 1 is 1.26 bits per heavy atom. The Morgan fingerprint density at radius 3 is 2.63 bits per heavy atom. The van der Waals surface area contributed by atoms with Crippen LogP contribution in [0.15, 0.2) is 0 Å². The van der Waals surface area contributed by atoms with E-state index in [1.54, 1.807) is 0 Å². The molecule has 4 unspecified atom stereocenters. The van der Waals surface area contributed by atoms with E-state index in [-0.39, 0.29) is 5.60 Å². The second-order valence-corrected chi connectivity index (χ2v) is 7.47. The third-order valence-electron chi connectivity index (χ3n) is 5.57. The van der Waals surface area contributed by atoms with Gasteiger partial charge in [-0.15, -0.1) is 0 Å². The molecular weight excluding hydrogens is 238 g/mol. The molecule has 0 aromatic carbocycles. The van der Waals surface area contributed by atoms with Gasteiger partial charge in [-0.1, -0.05) is 20.8 Å². The summed E-state index contributed by atoms with van der Waals surface area (Å²) in [5.74, 6) is 1.62. The lowest BCUT2D eigenvalue weighted by Crippen LogP contribution is -2.48. The standard InChI is InChI=1S/C16H29NO2/c1-4-17-14(13-10-15(13,2)3)12-5-7-19-16(9-12)6-8-18-11-16/h12-14,17H,4-11H2,1-3H3. The van der Waals surface area contributed by atoms with Crippen LogP contribution in [0.4, 0.5) is 0 Å². The van der Waals surface area contributed by atoms with Gasteiger partial charge in [0.1, 0.15) is 0 Å². The zero-order valence-corrected chi connectivity index (χ0v) is 12.7. The highest BCUT2D eigenvalue weighted by Gasteiger charge is 2.53. The van der Waals surface area contributed by atoms with E-state index in [0.717, 1.165) is 44.6 Å². The van der Waals surface area contributed by atoms with Gasteiger partial charge in [0.15, 0.2) is 0 Å². The van der Waals surface area contributed by atoms with Crippen molar-refractivity contribution in [2.24, 2.45) is 17.3 Å². The van der Waals surface area contributed by atoms with Gasteiger partial charge >= 0.3 is 0 Å². The molecule has 0 aromatic heterocycles. The van der Waals surface area contributed by atoms with Crippen molar-refractivity contribution < 1.29 is 9.47 Å². The quantitative estimate of drug-likeness (QED) is 0.849. The molecule has 3 rings (SSSR count). The Kier molecular flexibility index (Phi) is 3.65. The van der Waals surface area contributed by atoms with Crippen LogP contribution >= 0.6 is 0 Å². The maximum absolute atomic E-state index is 6.08. The fourth-order valence-corrected chi connectivity index (χ4v) is 4.23. The van der Waals surface area contributed by atoms with Crippen LogP contribution in [-0.4, -0.2) is 38.0 Å². The molecule has 3 heteroatoms. The average molecular weight is 267 g/mol. The summed E-state index contributed by atoms with van der Waals surface area (Å²) in [7, 11) is 0. The monoisotopic (exact) mass is 267 g/mol. The largest absolute Gasteiger partial charge is 0.378 e. The summed E-state index contributed by atoms with van der Waals surface area (Å²) in [6.07, 6.45) is 4.88. The summed E-state index contributed by atoms with van der Waals surface area (Å²) >= 11 is 0. The van der Waals surface area contributed by atoms with Crippen molar-refractivity contribution in [3.05, 3.63) is 0 Å². The first kappa shape index (κ1) is 13.8. The van der Waals surface area contributed by atoms with Gasteiger partial charge in [0.2, 0.25) is 0 Å². The minimum absolute atomic E-state index is 0.0512. The topological polar surface area (TPSA) is 30.5 Å². The van der Waals surface area contributed by atoms with E-state index in [4.69, 9.17) is 9.47 Å². The van der Waals surface area contributed by atoms with Crippen molar-refractivity contribution >= 4 is 0 Å². The number of hydrogen-bond donors (Lipinski definition) is 1. The van der Waals surface area contributed by atoms with Crippen LogP contribution < -0.4 is 5.32 Å². The van der Waals surface area contributed by atoms with Crippen LogP contribution in [0, 0.1) is 17.3 Å². The summed E-state index contributed by atoms with van der Waals surface area (Å²) in [6.45, 7) is 10.8. The van der Waals surface area contributed by atoms with E-state index < -0.39 is 0 Å². The van der Waals surface area contributed by atoms with Gasteiger partial charge in [-0.3, -0.25) is 0 Å². The van der Waals surface area contributed by atoms with E-state index >= 15 is 0 Å². The van der Waals surface area contributed by atoms with E-state index in [1.807, 2.05) is 0 Å². The highest BCUT2D eigenvalue weighted by molar-refractivity contribution is 5.05. The first-order chi connectivity index (χ1) is 9.06. The molecule has 1 N–H and O–H groups in total. The molecule has 2 heterocycles. The van der Waals surface area contributed by atoms with Crippen molar-refractivity contribution in [2.75, 3.05) is 26.4 Å². The van der Waals surface area contributed by atoms with E-state index in [2.05, 4.69) is 26.1 Å². The van der Waals surface area contributed by atoms with Gasteiger partial charge in [0.25, 0.3) is 0 Å². The highest BCUT2D eigenvalue weighted by atomic mass is 16.6. The molecule has 0 aromatic rings. The fraction of sp³-hybridized carbons (Fsp3) is 1.00. The normalized spacial score (nSPS) is 42.5. The van der Waals surface area contributed by atoms with E-state index in [9.17, 15) is 0 Å². The first-order valence-electron chi connectivity index (χ1n) is 8.01. The van der Waals surface area contributed by atoms with Crippen LogP contribution in [0.1, 0.15) is 46.5 Å². The van der Waals surface area contributed by atoms with Crippen molar-refractivity contribution in [3.63, 3.8) is 0 Å². The third kappa shape index (κ3) is 2.70. The Bertz CT molecular complexity index is 323. The van der Waals surface area contributed by atoms with Gasteiger partial charge in [-0.05, 0) is 43.1 Å². The Labute approximate surface area is 117 Å². The van der Waals surface area contributed by atoms with E-state index in [0.29, 0.717) is 11.5 Å². The first-order valence-corrected chi connectivity index (χ1v) is 8.01. The van der Waals surface area contributed by atoms with Crippen LogP contribution in [-0.2, 0) is 9.47 Å². The number of hydrogen-bond acceptors (Lipinski definition) is 3. The molecule has 1 spiro atoms. The molecule has 0 bridgehead atoms. The van der Waals surface area contributed by atoms with Crippen molar-refractivity contribution in [1.82, 2.24) is 5.32 Å². The zero-order chi connectivity index (χ0) is 13.5. The fourth-order valence-electron chi connectivity index (χ4n) is 4.23.